The van der Waals surface area contributed by atoms with Gasteiger partial charge in [-0.1, -0.05) is 0 Å². The Labute approximate surface area is 109 Å². The Hall–Kier alpha value is -0.820. The zero-order valence-electron chi connectivity index (χ0n) is 11.6. The van der Waals surface area contributed by atoms with E-state index < -0.39 is 21.7 Å². The average molecular weight is 278 g/mol. The molecular weight excluding hydrogens is 256 g/mol. The Kier molecular flexibility index (Phi) is 4.27. The first-order chi connectivity index (χ1) is 8.03. The number of hydrogen-bond acceptors (Lipinski definition) is 4. The zero-order valence-corrected chi connectivity index (χ0v) is 12.5. The lowest BCUT2D eigenvalue weighted by Gasteiger charge is -2.30. The van der Waals surface area contributed by atoms with Crippen LogP contribution in [-0.4, -0.2) is 61.2 Å². The smallest absolute Gasteiger partial charge is 0.410 e. The van der Waals surface area contributed by atoms with E-state index in [0.29, 0.717) is 6.54 Å². The van der Waals surface area contributed by atoms with E-state index in [0.717, 1.165) is 0 Å². The minimum absolute atomic E-state index is 0.0624. The van der Waals surface area contributed by atoms with Gasteiger partial charge in [-0.05, 0) is 27.7 Å². The molecule has 1 heterocycles. The van der Waals surface area contributed by atoms with Crippen LogP contribution in [0, 0.1) is 0 Å². The Morgan fingerprint density at radius 3 is 2.39 bits per heavy atom. The molecule has 0 radical (unpaired) electrons. The van der Waals surface area contributed by atoms with Gasteiger partial charge >= 0.3 is 6.09 Å². The third-order valence-electron chi connectivity index (χ3n) is 2.75. The number of carbonyl (C=O) groups excluding carboxylic acids is 1. The molecule has 1 rings (SSSR count). The number of ether oxygens (including phenoxy) is 1. The summed E-state index contributed by atoms with van der Waals surface area (Å²) in [5, 5.41) is 0. The minimum Gasteiger partial charge on any atom is -0.444 e. The molecule has 1 aliphatic heterocycles. The molecule has 0 N–H and O–H groups in total. The summed E-state index contributed by atoms with van der Waals surface area (Å²) in [6.45, 7) is 7.65. The largest absolute Gasteiger partial charge is 0.444 e. The number of rotatable bonds is 0. The summed E-state index contributed by atoms with van der Waals surface area (Å²) >= 11 is 0. The summed E-state index contributed by atoms with van der Waals surface area (Å²) < 4.78 is 30.1. The quantitative estimate of drug-likeness (QED) is 0.660. The van der Waals surface area contributed by atoms with Gasteiger partial charge in [0.15, 0.2) is 0 Å². The minimum atomic E-state index is -3.26. The van der Waals surface area contributed by atoms with E-state index in [1.54, 1.807) is 20.8 Å². The number of nitrogens with zero attached hydrogens (tertiary/aromatic N) is 2. The summed E-state index contributed by atoms with van der Waals surface area (Å²) in [6.07, 6.45) is -0.458. The Bertz CT molecular complexity index is 413. The van der Waals surface area contributed by atoms with Crippen molar-refractivity contribution in [2.75, 3.05) is 25.9 Å². The summed E-state index contributed by atoms with van der Waals surface area (Å²) in [4.78, 5) is 13.5. The van der Waals surface area contributed by atoms with Gasteiger partial charge < -0.3 is 9.64 Å². The van der Waals surface area contributed by atoms with Crippen molar-refractivity contribution in [1.29, 1.82) is 0 Å². The van der Waals surface area contributed by atoms with Crippen LogP contribution in [0.2, 0.25) is 0 Å². The standard InChI is InChI=1S/C11H22N2O4S/c1-9-8-12(5)18(15,16)7-6-13(9)10(14)17-11(2,3)4/h9H,6-8H2,1-5H3/t9-/m0/s1. The van der Waals surface area contributed by atoms with Crippen LogP contribution < -0.4 is 0 Å². The monoisotopic (exact) mass is 278 g/mol. The van der Waals surface area contributed by atoms with Gasteiger partial charge in [-0.25, -0.2) is 17.5 Å². The SMILES string of the molecule is C[C@H]1CN(C)S(=O)(=O)CCN1C(=O)OC(C)(C)C. The van der Waals surface area contributed by atoms with Crippen LogP contribution in [0.1, 0.15) is 27.7 Å². The van der Waals surface area contributed by atoms with Gasteiger partial charge in [-0.15, -0.1) is 0 Å². The molecule has 0 bridgehead atoms. The van der Waals surface area contributed by atoms with Gasteiger partial charge in [-0.3, -0.25) is 0 Å². The maximum Gasteiger partial charge on any atom is 0.410 e. The fraction of sp³-hybridized carbons (Fsp3) is 0.909. The van der Waals surface area contributed by atoms with E-state index in [1.807, 2.05) is 6.92 Å². The maximum absolute atomic E-state index is 12.0. The number of sulfonamides is 1. The topological polar surface area (TPSA) is 66.9 Å². The van der Waals surface area contributed by atoms with Crippen molar-refractivity contribution in [3.05, 3.63) is 0 Å². The first-order valence-electron chi connectivity index (χ1n) is 5.96. The van der Waals surface area contributed by atoms with Crippen molar-refractivity contribution in [1.82, 2.24) is 9.21 Å². The summed E-state index contributed by atoms with van der Waals surface area (Å²) in [5.41, 5.74) is -0.576. The Morgan fingerprint density at radius 2 is 1.89 bits per heavy atom. The molecule has 0 aromatic rings. The Morgan fingerprint density at radius 1 is 1.33 bits per heavy atom. The highest BCUT2D eigenvalue weighted by atomic mass is 32.2. The van der Waals surface area contributed by atoms with Crippen LogP contribution in [0.25, 0.3) is 0 Å². The van der Waals surface area contributed by atoms with E-state index in [2.05, 4.69) is 0 Å². The van der Waals surface area contributed by atoms with Gasteiger partial charge in [-0.2, -0.15) is 0 Å². The second kappa shape index (κ2) is 5.05. The lowest BCUT2D eigenvalue weighted by Crippen LogP contribution is -2.44. The van der Waals surface area contributed by atoms with Gasteiger partial charge in [0.1, 0.15) is 5.60 Å². The molecular formula is C11H22N2O4S. The van der Waals surface area contributed by atoms with Crippen LogP contribution in [0.4, 0.5) is 4.79 Å². The molecule has 106 valence electrons. The van der Waals surface area contributed by atoms with Crippen molar-refractivity contribution in [3.63, 3.8) is 0 Å². The highest BCUT2D eigenvalue weighted by molar-refractivity contribution is 7.89. The van der Waals surface area contributed by atoms with Crippen LogP contribution in [-0.2, 0) is 14.8 Å². The zero-order chi connectivity index (χ0) is 14.1. The fourth-order valence-electron chi connectivity index (χ4n) is 1.77. The molecule has 0 aromatic heterocycles. The van der Waals surface area contributed by atoms with Crippen molar-refractivity contribution in [3.8, 4) is 0 Å². The third-order valence-corrected chi connectivity index (χ3v) is 4.54. The van der Waals surface area contributed by atoms with Crippen LogP contribution in [0.5, 0.6) is 0 Å². The summed E-state index contributed by atoms with van der Waals surface area (Å²) in [5.74, 6) is -0.0624. The van der Waals surface area contributed by atoms with E-state index in [9.17, 15) is 13.2 Å². The van der Waals surface area contributed by atoms with Crippen molar-refractivity contribution in [2.24, 2.45) is 0 Å². The highest BCUT2D eigenvalue weighted by Gasteiger charge is 2.33. The van der Waals surface area contributed by atoms with Crippen LogP contribution in [0.15, 0.2) is 0 Å². The molecule has 1 amide bonds. The lowest BCUT2D eigenvalue weighted by molar-refractivity contribution is 0.0188. The predicted molar refractivity (Wildman–Crippen MR) is 68.8 cm³/mol. The molecule has 0 unspecified atom stereocenters. The summed E-state index contributed by atoms with van der Waals surface area (Å²) in [6, 6.07) is -0.192. The molecule has 6 nitrogen and oxygen atoms in total. The number of likely N-dealkylation sites (N-methyl/N-ethyl adjacent to an activating group) is 1. The molecule has 0 aliphatic carbocycles. The molecule has 0 spiro atoms. The van der Waals surface area contributed by atoms with E-state index in [4.69, 9.17) is 4.74 Å². The normalized spacial score (nSPS) is 25.6. The third kappa shape index (κ3) is 3.84. The molecule has 1 aliphatic rings. The van der Waals surface area contributed by atoms with Gasteiger partial charge in [0.05, 0.1) is 5.75 Å². The molecule has 7 heteroatoms. The maximum atomic E-state index is 12.0. The fourth-order valence-corrected chi connectivity index (χ4v) is 2.95. The lowest BCUT2D eigenvalue weighted by atomic mass is 10.2. The molecule has 18 heavy (non-hydrogen) atoms. The molecule has 0 saturated carbocycles. The highest BCUT2D eigenvalue weighted by Crippen LogP contribution is 2.16. The number of amides is 1. The molecule has 0 aromatic carbocycles. The second-order valence-corrected chi connectivity index (χ2v) is 7.81. The predicted octanol–water partition coefficient (Wildman–Crippen LogP) is 0.887. The summed E-state index contributed by atoms with van der Waals surface area (Å²) in [7, 11) is -1.72. The van der Waals surface area contributed by atoms with E-state index in [1.165, 1.54) is 16.3 Å². The van der Waals surface area contributed by atoms with Crippen molar-refractivity contribution >= 4 is 16.1 Å². The Balaban J connectivity index is 2.82. The van der Waals surface area contributed by atoms with Gasteiger partial charge in [0, 0.05) is 26.2 Å². The second-order valence-electron chi connectivity index (χ2n) is 5.62. The van der Waals surface area contributed by atoms with Gasteiger partial charge in [0.25, 0.3) is 0 Å². The number of carbonyl (C=O) groups is 1. The van der Waals surface area contributed by atoms with E-state index in [-0.39, 0.29) is 18.3 Å². The number of hydrogen-bond donors (Lipinski definition) is 0. The van der Waals surface area contributed by atoms with Crippen LogP contribution >= 0.6 is 0 Å². The first kappa shape index (κ1) is 15.2. The van der Waals surface area contributed by atoms with E-state index >= 15 is 0 Å². The van der Waals surface area contributed by atoms with Gasteiger partial charge in [0.2, 0.25) is 10.0 Å². The average Bonchev–Trinajstić information content (AvgIpc) is 2.22. The van der Waals surface area contributed by atoms with Crippen molar-refractivity contribution < 1.29 is 17.9 Å². The van der Waals surface area contributed by atoms with Crippen molar-refractivity contribution in [2.45, 2.75) is 39.3 Å². The molecule has 1 saturated heterocycles. The first-order valence-corrected chi connectivity index (χ1v) is 7.57. The molecule has 1 fully saturated rings. The van der Waals surface area contributed by atoms with Crippen LogP contribution in [0.3, 0.4) is 0 Å². The molecule has 1 atom stereocenters.